The van der Waals surface area contributed by atoms with E-state index in [-0.39, 0.29) is 18.8 Å². The third kappa shape index (κ3) is 1.83. The van der Waals surface area contributed by atoms with Gasteiger partial charge in [0.15, 0.2) is 21.7 Å². The highest BCUT2D eigenvalue weighted by atomic mass is 79.9. The van der Waals surface area contributed by atoms with Gasteiger partial charge in [0.25, 0.3) is 0 Å². The van der Waals surface area contributed by atoms with Crippen molar-refractivity contribution in [3.63, 3.8) is 0 Å². The van der Waals surface area contributed by atoms with Gasteiger partial charge in [0.05, 0.1) is 6.42 Å². The molecule has 0 saturated heterocycles. The van der Waals surface area contributed by atoms with Gasteiger partial charge in [-0.25, -0.2) is 15.0 Å². The summed E-state index contributed by atoms with van der Waals surface area (Å²) in [5.41, 5.74) is 6.63. The van der Waals surface area contributed by atoms with Gasteiger partial charge in [-0.1, -0.05) is 0 Å². The van der Waals surface area contributed by atoms with Gasteiger partial charge in [0.2, 0.25) is 0 Å². The minimum absolute atomic E-state index is 0.00598. The Bertz CT molecular complexity index is 553. The number of nitrogens with zero attached hydrogens (tertiary/aromatic N) is 4. The molecular formula is C8H8BrN5O2. The average Bonchev–Trinajstić information content (AvgIpc) is 2.53. The van der Waals surface area contributed by atoms with Gasteiger partial charge in [-0.2, -0.15) is 0 Å². The number of carbonyl (C=O) groups is 1. The van der Waals surface area contributed by atoms with Crippen molar-refractivity contribution >= 4 is 38.9 Å². The van der Waals surface area contributed by atoms with E-state index in [1.165, 1.54) is 6.33 Å². The van der Waals surface area contributed by atoms with Crippen LogP contribution in [-0.2, 0) is 11.3 Å². The quantitative estimate of drug-likeness (QED) is 0.802. The molecule has 0 amide bonds. The maximum absolute atomic E-state index is 10.5. The lowest BCUT2D eigenvalue weighted by atomic mass is 10.4. The Morgan fingerprint density at radius 2 is 2.31 bits per heavy atom. The third-order valence-corrected chi connectivity index (χ3v) is 2.67. The highest BCUT2D eigenvalue weighted by molar-refractivity contribution is 9.10. The molecule has 2 rings (SSSR count). The second-order valence-electron chi connectivity index (χ2n) is 3.11. The molecule has 2 aromatic rings. The second-order valence-corrected chi connectivity index (χ2v) is 3.82. The summed E-state index contributed by atoms with van der Waals surface area (Å²) in [6.45, 7) is 0.281. The van der Waals surface area contributed by atoms with Crippen LogP contribution in [0.1, 0.15) is 6.42 Å². The SMILES string of the molecule is Nc1ncnc2c1nc(Br)n2CCC(=O)O. The van der Waals surface area contributed by atoms with Crippen LogP contribution < -0.4 is 5.73 Å². The van der Waals surface area contributed by atoms with Gasteiger partial charge in [0.1, 0.15) is 6.33 Å². The Morgan fingerprint density at radius 3 is 3.00 bits per heavy atom. The Morgan fingerprint density at radius 1 is 1.56 bits per heavy atom. The first-order valence-corrected chi connectivity index (χ1v) is 5.23. The highest BCUT2D eigenvalue weighted by Gasteiger charge is 2.13. The van der Waals surface area contributed by atoms with Crippen molar-refractivity contribution in [2.75, 3.05) is 5.73 Å². The number of aryl methyl sites for hydroxylation is 1. The minimum atomic E-state index is -0.879. The fraction of sp³-hybridized carbons (Fsp3) is 0.250. The van der Waals surface area contributed by atoms with E-state index in [1.807, 2.05) is 0 Å². The van der Waals surface area contributed by atoms with E-state index < -0.39 is 5.97 Å². The smallest absolute Gasteiger partial charge is 0.305 e. The van der Waals surface area contributed by atoms with Crippen molar-refractivity contribution < 1.29 is 9.90 Å². The number of anilines is 1. The number of imidazole rings is 1. The minimum Gasteiger partial charge on any atom is -0.481 e. The van der Waals surface area contributed by atoms with Crippen LogP contribution in [-0.4, -0.2) is 30.6 Å². The first kappa shape index (κ1) is 10.8. The summed E-state index contributed by atoms with van der Waals surface area (Å²) in [7, 11) is 0. The molecule has 0 atom stereocenters. The Kier molecular flexibility index (Phi) is 2.73. The zero-order valence-electron chi connectivity index (χ0n) is 8.09. The summed E-state index contributed by atoms with van der Waals surface area (Å²) in [5.74, 6) is -0.601. The first-order valence-electron chi connectivity index (χ1n) is 4.43. The molecule has 2 heterocycles. The van der Waals surface area contributed by atoms with E-state index in [1.54, 1.807) is 4.57 Å². The van der Waals surface area contributed by atoms with Gasteiger partial charge in [-0.15, -0.1) is 0 Å². The molecule has 0 bridgehead atoms. The van der Waals surface area contributed by atoms with Crippen molar-refractivity contribution in [3.05, 3.63) is 11.1 Å². The fourth-order valence-corrected chi connectivity index (χ4v) is 1.86. The number of rotatable bonds is 3. The van der Waals surface area contributed by atoms with Gasteiger partial charge >= 0.3 is 5.97 Å². The van der Waals surface area contributed by atoms with E-state index in [0.29, 0.717) is 15.9 Å². The molecule has 3 N–H and O–H groups in total. The van der Waals surface area contributed by atoms with Crippen molar-refractivity contribution in [1.82, 2.24) is 19.5 Å². The number of aromatic nitrogens is 4. The van der Waals surface area contributed by atoms with E-state index >= 15 is 0 Å². The standard InChI is InChI=1S/C8H8BrN5O2/c9-8-13-5-6(10)11-3-12-7(5)14(8)2-1-4(15)16/h3H,1-2H2,(H,15,16)(H2,10,11,12). The number of carboxylic acids is 1. The summed E-state index contributed by atoms with van der Waals surface area (Å²) in [4.78, 5) is 22.5. The number of aliphatic carboxylic acids is 1. The number of nitrogen functional groups attached to an aromatic ring is 1. The van der Waals surface area contributed by atoms with Crippen LogP contribution in [0, 0.1) is 0 Å². The monoisotopic (exact) mass is 285 g/mol. The molecule has 0 aromatic carbocycles. The van der Waals surface area contributed by atoms with Gasteiger partial charge in [0, 0.05) is 6.54 Å². The number of hydrogen-bond acceptors (Lipinski definition) is 5. The van der Waals surface area contributed by atoms with Crippen LogP contribution >= 0.6 is 15.9 Å². The van der Waals surface area contributed by atoms with Crippen LogP contribution in [0.2, 0.25) is 0 Å². The van der Waals surface area contributed by atoms with E-state index in [2.05, 4.69) is 30.9 Å². The third-order valence-electron chi connectivity index (χ3n) is 2.06. The van der Waals surface area contributed by atoms with E-state index in [4.69, 9.17) is 10.8 Å². The Labute approximate surface area is 98.4 Å². The zero-order chi connectivity index (χ0) is 11.7. The molecule has 0 radical (unpaired) electrons. The maximum Gasteiger partial charge on any atom is 0.305 e. The van der Waals surface area contributed by atoms with E-state index in [9.17, 15) is 4.79 Å². The summed E-state index contributed by atoms with van der Waals surface area (Å²) in [5, 5.41) is 8.62. The summed E-state index contributed by atoms with van der Waals surface area (Å²) < 4.78 is 2.14. The summed E-state index contributed by atoms with van der Waals surface area (Å²) >= 11 is 3.23. The molecule has 0 aliphatic carbocycles. The number of fused-ring (bicyclic) bond motifs is 1. The molecule has 0 aliphatic rings. The lowest BCUT2D eigenvalue weighted by Gasteiger charge is -2.02. The molecule has 0 saturated carbocycles. The number of carboxylic acid groups (broad SMARTS) is 1. The van der Waals surface area contributed by atoms with Crippen LogP contribution in [0.5, 0.6) is 0 Å². The normalized spacial score (nSPS) is 10.8. The molecular weight excluding hydrogens is 278 g/mol. The highest BCUT2D eigenvalue weighted by Crippen LogP contribution is 2.21. The summed E-state index contributed by atoms with van der Waals surface area (Å²) in [6.07, 6.45) is 1.32. The fourth-order valence-electron chi connectivity index (χ4n) is 1.33. The lowest BCUT2D eigenvalue weighted by molar-refractivity contribution is -0.137. The molecule has 8 heteroatoms. The van der Waals surface area contributed by atoms with E-state index in [0.717, 1.165) is 0 Å². The Balaban J connectivity index is 2.48. The predicted octanol–water partition coefficient (Wildman–Crippen LogP) is 0.646. The van der Waals surface area contributed by atoms with Gasteiger partial charge < -0.3 is 15.4 Å². The molecule has 0 aliphatic heterocycles. The van der Waals surface area contributed by atoms with Crippen molar-refractivity contribution in [3.8, 4) is 0 Å². The number of nitrogens with two attached hydrogens (primary N) is 1. The van der Waals surface area contributed by atoms with Crippen molar-refractivity contribution in [2.24, 2.45) is 0 Å². The van der Waals surface area contributed by atoms with Gasteiger partial charge in [-0.05, 0) is 15.9 Å². The van der Waals surface area contributed by atoms with Crippen LogP contribution in [0.3, 0.4) is 0 Å². The Hall–Kier alpha value is -1.70. The number of hydrogen-bond donors (Lipinski definition) is 2. The molecule has 7 nitrogen and oxygen atoms in total. The molecule has 0 unspecified atom stereocenters. The molecule has 0 fully saturated rings. The van der Waals surface area contributed by atoms with Crippen molar-refractivity contribution in [2.45, 2.75) is 13.0 Å². The van der Waals surface area contributed by atoms with Crippen molar-refractivity contribution in [1.29, 1.82) is 0 Å². The van der Waals surface area contributed by atoms with Crippen LogP contribution in [0.4, 0.5) is 5.82 Å². The number of halogens is 1. The maximum atomic E-state index is 10.5. The first-order chi connectivity index (χ1) is 7.59. The predicted molar refractivity (Wildman–Crippen MR) is 59.7 cm³/mol. The van der Waals surface area contributed by atoms with Gasteiger partial charge in [-0.3, -0.25) is 4.79 Å². The lowest BCUT2D eigenvalue weighted by Crippen LogP contribution is -2.05. The summed E-state index contributed by atoms with van der Waals surface area (Å²) in [6, 6.07) is 0. The molecule has 0 spiro atoms. The topological polar surface area (TPSA) is 107 Å². The van der Waals surface area contributed by atoms with Crippen LogP contribution in [0.15, 0.2) is 11.1 Å². The zero-order valence-corrected chi connectivity index (χ0v) is 9.68. The largest absolute Gasteiger partial charge is 0.481 e. The molecule has 84 valence electrons. The average molecular weight is 286 g/mol. The molecule has 16 heavy (non-hydrogen) atoms. The second kappa shape index (κ2) is 4.05. The van der Waals surface area contributed by atoms with Crippen LogP contribution in [0.25, 0.3) is 11.2 Å². The molecule has 2 aromatic heterocycles.